The van der Waals surface area contributed by atoms with Crippen LogP contribution in [0.2, 0.25) is 5.02 Å². The lowest BCUT2D eigenvalue weighted by molar-refractivity contribution is -0.152. The first-order valence-electron chi connectivity index (χ1n) is 3.87. The maximum atomic E-state index is 12.5. The minimum atomic E-state index is -4.46. The number of thiol groups is 1. The molecule has 1 unspecified atom stereocenters. The van der Waals surface area contributed by atoms with E-state index in [0.717, 1.165) is 0 Å². The highest BCUT2D eigenvalue weighted by molar-refractivity contribution is 7.78. The van der Waals surface area contributed by atoms with Gasteiger partial charge in [0.05, 0.1) is 0 Å². The zero-order valence-electron chi connectivity index (χ0n) is 7.35. The summed E-state index contributed by atoms with van der Waals surface area (Å²) in [5.41, 5.74) is 0.206. The van der Waals surface area contributed by atoms with E-state index in [2.05, 4.69) is 12.8 Å². The van der Waals surface area contributed by atoms with Crippen molar-refractivity contribution < 1.29 is 13.2 Å². The van der Waals surface area contributed by atoms with E-state index in [0.29, 0.717) is 5.46 Å². The van der Waals surface area contributed by atoms with Crippen molar-refractivity contribution in [2.45, 2.75) is 12.2 Å². The van der Waals surface area contributed by atoms with E-state index in [4.69, 9.17) is 19.4 Å². The van der Waals surface area contributed by atoms with Gasteiger partial charge >= 0.3 is 6.18 Å². The second-order valence-electron chi connectivity index (χ2n) is 2.88. The second-order valence-corrected chi connectivity index (χ2v) is 3.55. The van der Waals surface area contributed by atoms with Gasteiger partial charge in [0.15, 0.2) is 0 Å². The molecular formula is C8H6BClF3NS. The number of nitrogens with one attached hydrogen (secondary N) is 1. The Kier molecular flexibility index (Phi) is 3.97. The molecule has 0 bridgehead atoms. The van der Waals surface area contributed by atoms with Gasteiger partial charge in [-0.2, -0.15) is 13.2 Å². The SMILES string of the molecule is [B]c1ccc(C(NS)C(F)(F)F)c(Cl)c1. The van der Waals surface area contributed by atoms with Crippen molar-refractivity contribution in [1.82, 2.24) is 4.72 Å². The average Bonchev–Trinajstić information content (AvgIpc) is 2.07. The molecule has 1 atom stereocenters. The summed E-state index contributed by atoms with van der Waals surface area (Å²) < 4.78 is 39.3. The first-order valence-corrected chi connectivity index (χ1v) is 4.70. The maximum Gasteiger partial charge on any atom is 0.408 e. The molecule has 0 fully saturated rings. The second kappa shape index (κ2) is 4.68. The Balaban J connectivity index is 3.13. The van der Waals surface area contributed by atoms with Crippen LogP contribution in [0.5, 0.6) is 0 Å². The van der Waals surface area contributed by atoms with Crippen LogP contribution < -0.4 is 10.2 Å². The maximum absolute atomic E-state index is 12.5. The molecular weight excluding hydrogens is 245 g/mol. The number of halogens is 4. The summed E-state index contributed by atoms with van der Waals surface area (Å²) >= 11 is 9.09. The van der Waals surface area contributed by atoms with Crippen molar-refractivity contribution in [3.8, 4) is 0 Å². The van der Waals surface area contributed by atoms with Crippen molar-refractivity contribution in [3.05, 3.63) is 28.8 Å². The summed E-state index contributed by atoms with van der Waals surface area (Å²) in [6, 6.07) is 1.93. The summed E-state index contributed by atoms with van der Waals surface area (Å²) in [4.78, 5) is 0. The number of hydrogen-bond acceptors (Lipinski definition) is 2. The van der Waals surface area contributed by atoms with E-state index in [1.54, 1.807) is 0 Å². The van der Waals surface area contributed by atoms with Crippen LogP contribution in [0, 0.1) is 0 Å². The van der Waals surface area contributed by atoms with Crippen LogP contribution in [0.15, 0.2) is 18.2 Å². The van der Waals surface area contributed by atoms with E-state index in [1.165, 1.54) is 18.2 Å². The zero-order valence-corrected chi connectivity index (χ0v) is 9.00. The Morgan fingerprint density at radius 1 is 1.40 bits per heavy atom. The monoisotopic (exact) mass is 251 g/mol. The third-order valence-electron chi connectivity index (χ3n) is 1.79. The van der Waals surface area contributed by atoms with Crippen LogP contribution in [0.1, 0.15) is 11.6 Å². The van der Waals surface area contributed by atoms with E-state index in [1.807, 2.05) is 4.72 Å². The largest absolute Gasteiger partial charge is 0.408 e. The minimum absolute atomic E-state index is 0.0427. The van der Waals surface area contributed by atoms with Gasteiger partial charge in [-0.1, -0.05) is 48.1 Å². The third kappa shape index (κ3) is 3.06. The standard InChI is InChI=1S/C8H6BClF3NS/c9-4-1-2-5(6(10)3-4)7(14-15)8(11,12)13/h1-3,7,14-15H. The predicted molar refractivity (Wildman–Crippen MR) is 57.8 cm³/mol. The Morgan fingerprint density at radius 3 is 2.40 bits per heavy atom. The fraction of sp³-hybridized carbons (Fsp3) is 0.250. The van der Waals surface area contributed by atoms with Gasteiger partial charge in [-0.25, -0.2) is 0 Å². The van der Waals surface area contributed by atoms with Crippen LogP contribution in [-0.2, 0) is 0 Å². The van der Waals surface area contributed by atoms with Crippen molar-refractivity contribution in [2.75, 3.05) is 0 Å². The van der Waals surface area contributed by atoms with Gasteiger partial charge in [-0.05, 0) is 5.56 Å². The lowest BCUT2D eigenvalue weighted by Gasteiger charge is -2.20. The van der Waals surface area contributed by atoms with Crippen LogP contribution in [0.3, 0.4) is 0 Å². The Labute approximate surface area is 97.0 Å². The van der Waals surface area contributed by atoms with Crippen molar-refractivity contribution >= 4 is 37.7 Å². The average molecular weight is 251 g/mol. The molecule has 15 heavy (non-hydrogen) atoms. The molecule has 1 aromatic rings. The number of benzene rings is 1. The molecule has 80 valence electrons. The molecule has 0 aliphatic rings. The molecule has 0 aromatic heterocycles. The normalized spacial score (nSPS) is 13.9. The molecule has 1 N–H and O–H groups in total. The van der Waals surface area contributed by atoms with Crippen LogP contribution in [0.25, 0.3) is 0 Å². The zero-order chi connectivity index (χ0) is 11.6. The molecule has 1 rings (SSSR count). The molecule has 0 heterocycles. The van der Waals surface area contributed by atoms with Crippen LogP contribution in [-0.4, -0.2) is 14.0 Å². The van der Waals surface area contributed by atoms with Gasteiger partial charge in [0.2, 0.25) is 0 Å². The number of hydrogen-bond donors (Lipinski definition) is 2. The highest BCUT2D eigenvalue weighted by Gasteiger charge is 2.41. The van der Waals surface area contributed by atoms with Gasteiger partial charge in [0, 0.05) is 5.02 Å². The predicted octanol–water partition coefficient (Wildman–Crippen LogP) is 2.17. The third-order valence-corrected chi connectivity index (χ3v) is 2.38. The van der Waals surface area contributed by atoms with E-state index in [9.17, 15) is 13.2 Å². The molecule has 1 nitrogen and oxygen atoms in total. The van der Waals surface area contributed by atoms with Gasteiger partial charge in [-0.3, -0.25) is 4.72 Å². The van der Waals surface area contributed by atoms with Gasteiger partial charge in [0.1, 0.15) is 13.9 Å². The summed E-state index contributed by atoms with van der Waals surface area (Å²) in [6.45, 7) is 0. The first kappa shape index (κ1) is 12.7. The quantitative estimate of drug-likeness (QED) is 0.606. The fourth-order valence-corrected chi connectivity index (χ4v) is 1.68. The molecule has 0 amide bonds. The molecule has 0 aliphatic carbocycles. The van der Waals surface area contributed by atoms with E-state index in [-0.39, 0.29) is 10.6 Å². The Bertz CT molecular complexity index is 358. The fourth-order valence-electron chi connectivity index (χ4n) is 1.10. The van der Waals surface area contributed by atoms with Crippen molar-refractivity contribution in [2.24, 2.45) is 0 Å². The Morgan fingerprint density at radius 2 is 2.00 bits per heavy atom. The van der Waals surface area contributed by atoms with Gasteiger partial charge < -0.3 is 0 Å². The molecule has 1 aromatic carbocycles. The van der Waals surface area contributed by atoms with Crippen molar-refractivity contribution in [3.63, 3.8) is 0 Å². The van der Waals surface area contributed by atoms with Gasteiger partial charge in [0.25, 0.3) is 0 Å². The minimum Gasteiger partial charge on any atom is -0.251 e. The summed E-state index contributed by atoms with van der Waals surface area (Å²) in [7, 11) is 5.37. The van der Waals surface area contributed by atoms with E-state index < -0.39 is 12.2 Å². The molecule has 2 radical (unpaired) electrons. The molecule has 0 saturated heterocycles. The number of alkyl halides is 3. The van der Waals surface area contributed by atoms with Gasteiger partial charge in [-0.15, -0.1) is 0 Å². The lowest BCUT2D eigenvalue weighted by atomic mass is 9.93. The highest BCUT2D eigenvalue weighted by atomic mass is 35.5. The number of rotatable bonds is 2. The van der Waals surface area contributed by atoms with Crippen LogP contribution >= 0.6 is 24.4 Å². The molecule has 0 spiro atoms. The summed E-state index contributed by atoms with van der Waals surface area (Å²) in [5, 5.41) is -0.0427. The molecule has 7 heteroatoms. The lowest BCUT2D eigenvalue weighted by Crippen LogP contribution is -2.29. The Hall–Kier alpha value is -0.325. The van der Waals surface area contributed by atoms with Crippen molar-refractivity contribution in [1.29, 1.82) is 0 Å². The topological polar surface area (TPSA) is 12.0 Å². The summed E-state index contributed by atoms with van der Waals surface area (Å²) in [5.74, 6) is 0. The molecule has 0 aliphatic heterocycles. The molecule has 0 saturated carbocycles. The van der Waals surface area contributed by atoms with E-state index >= 15 is 0 Å². The van der Waals surface area contributed by atoms with Crippen LogP contribution in [0.4, 0.5) is 13.2 Å². The summed E-state index contributed by atoms with van der Waals surface area (Å²) in [6.07, 6.45) is -4.46. The smallest absolute Gasteiger partial charge is 0.251 e. The highest BCUT2D eigenvalue weighted by Crippen LogP contribution is 2.35. The first-order chi connectivity index (χ1) is 6.86.